The van der Waals surface area contributed by atoms with Crippen LogP contribution in [0.4, 0.5) is 22.7 Å². The van der Waals surface area contributed by atoms with Crippen LogP contribution in [0.1, 0.15) is 15.9 Å². The molecule has 0 fully saturated rings. The summed E-state index contributed by atoms with van der Waals surface area (Å²) >= 11 is 6.08. The smallest absolute Gasteiger partial charge is 0.744 e. The molecule has 2 aromatic rings. The molecule has 57 heavy (non-hydrogen) atoms. The third kappa shape index (κ3) is 10.6. The SMILES string of the molecule is [NH-]c1c(N=Nc2ccc(N(O)O)cc2Cl)c(S(=O)(=O)[O-])cc2c1C(=O)C(=NN=C1C=CC(=C3C=CC(=NN=C4C=CC(=O)C=C4)C=C3)C=C1)C([S+](=O)(O)O)=C2.[Na+].[Na+]. The molecule has 0 aromatic heterocycles. The van der Waals surface area contributed by atoms with Crippen LogP contribution in [0.3, 0.4) is 0 Å². The minimum atomic E-state index is -5.43. The molecule has 6 rings (SSSR count). The first-order chi connectivity index (χ1) is 26.0. The quantitative estimate of drug-likeness (QED) is 0.0753. The maximum Gasteiger partial charge on any atom is 1.00 e. The van der Waals surface area contributed by atoms with E-state index in [1.807, 2.05) is 0 Å². The van der Waals surface area contributed by atoms with Gasteiger partial charge in [-0.2, -0.15) is 29.5 Å². The predicted molar refractivity (Wildman–Crippen MR) is 202 cm³/mol. The number of carbonyl (C=O) groups excluding carboxylic acids is 2. The predicted octanol–water partition coefficient (Wildman–Crippen LogP) is 0.756. The molecule has 23 heteroatoms. The van der Waals surface area contributed by atoms with Gasteiger partial charge in [-0.1, -0.05) is 35.9 Å². The van der Waals surface area contributed by atoms with E-state index in [1.165, 1.54) is 24.3 Å². The van der Waals surface area contributed by atoms with Crippen LogP contribution in [0.15, 0.2) is 149 Å². The Hall–Kier alpha value is -4.23. The Morgan fingerprint density at radius 2 is 1.26 bits per heavy atom. The second-order valence-electron chi connectivity index (χ2n) is 11.3. The molecule has 18 nitrogen and oxygen atoms in total. The number of Topliss-reactive ketones (excluding diaryl/α,β-unsaturated/α-hetero) is 1. The van der Waals surface area contributed by atoms with E-state index in [4.69, 9.17) is 17.3 Å². The van der Waals surface area contributed by atoms with Gasteiger partial charge in [0.05, 0.1) is 38.4 Å². The fourth-order valence-corrected chi connectivity index (χ4v) is 6.57. The molecule has 4 aliphatic carbocycles. The van der Waals surface area contributed by atoms with Crippen molar-refractivity contribution in [3.63, 3.8) is 0 Å². The maximum absolute atomic E-state index is 13.8. The van der Waals surface area contributed by atoms with Gasteiger partial charge in [0.2, 0.25) is 5.78 Å². The normalized spacial score (nSPS) is 16.8. The minimum absolute atomic E-state index is 0. The van der Waals surface area contributed by atoms with Gasteiger partial charge < -0.3 is 10.3 Å². The van der Waals surface area contributed by atoms with E-state index in [0.29, 0.717) is 17.5 Å². The van der Waals surface area contributed by atoms with Crippen LogP contribution in [-0.2, 0) is 29.6 Å². The average molecular weight is 848 g/mol. The average Bonchev–Trinajstić information content (AvgIpc) is 3.13. The van der Waals surface area contributed by atoms with Crippen molar-refractivity contribution in [2.45, 2.75) is 4.90 Å². The van der Waals surface area contributed by atoms with E-state index < -0.39 is 64.4 Å². The first-order valence-electron chi connectivity index (χ1n) is 15.2. The van der Waals surface area contributed by atoms with Crippen molar-refractivity contribution >= 4 is 95.5 Å². The maximum atomic E-state index is 13.8. The zero-order valence-corrected chi connectivity index (χ0v) is 35.8. The summed E-state index contributed by atoms with van der Waals surface area (Å²) in [6.07, 6.45) is 20.0. The number of azo groups is 1. The van der Waals surface area contributed by atoms with E-state index in [0.717, 1.165) is 35.4 Å². The Kier molecular flexibility index (Phi) is 14.8. The van der Waals surface area contributed by atoms with Crippen LogP contribution < -0.4 is 64.3 Å². The van der Waals surface area contributed by atoms with Gasteiger partial charge in [-0.05, 0) is 93.8 Å². The number of rotatable bonds is 7. The van der Waals surface area contributed by atoms with Crippen LogP contribution in [0, 0.1) is 0 Å². The van der Waals surface area contributed by atoms with E-state index >= 15 is 0 Å². The van der Waals surface area contributed by atoms with Gasteiger partial charge in [0.25, 0.3) is 4.91 Å². The van der Waals surface area contributed by atoms with Crippen molar-refractivity contribution in [1.29, 1.82) is 0 Å². The van der Waals surface area contributed by atoms with Gasteiger partial charge in [-0.15, -0.1) is 21.1 Å². The second-order valence-corrected chi connectivity index (χ2v) is 14.5. The Balaban J connectivity index is 0.00000360. The molecule has 0 unspecified atom stereocenters. The number of carbonyl (C=O) groups is 2. The van der Waals surface area contributed by atoms with Crippen molar-refractivity contribution in [1.82, 2.24) is 0 Å². The first-order valence-corrected chi connectivity index (χ1v) is 18.5. The fourth-order valence-electron chi connectivity index (χ4n) is 5.04. The van der Waals surface area contributed by atoms with Crippen LogP contribution in [0.25, 0.3) is 11.8 Å². The molecule has 0 radical (unpaired) electrons. The van der Waals surface area contributed by atoms with Gasteiger partial charge >= 0.3 is 69.6 Å². The molecular weight excluding hydrogens is 826 g/mol. The molecule has 0 atom stereocenters. The number of ketones is 2. The number of nitrogens with zero attached hydrogens (tertiary/aromatic N) is 7. The topological polar surface area (TPSA) is 291 Å². The summed E-state index contributed by atoms with van der Waals surface area (Å²) < 4.78 is 69.4. The monoisotopic (exact) mass is 847 g/mol. The summed E-state index contributed by atoms with van der Waals surface area (Å²) in [5.74, 6) is -1.38. The summed E-state index contributed by atoms with van der Waals surface area (Å²) in [5, 5.41) is 41.4. The Morgan fingerprint density at radius 1 is 0.754 bits per heavy atom. The molecule has 0 saturated heterocycles. The molecule has 0 bridgehead atoms. The Labute approximate surface area is 373 Å². The third-order valence-corrected chi connectivity index (χ3v) is 9.72. The van der Waals surface area contributed by atoms with Crippen molar-refractivity contribution in [2.75, 3.05) is 5.23 Å². The fraction of sp³-hybridized carbons (Fsp3) is 0. The molecule has 4 aliphatic rings. The number of allylic oxidation sites excluding steroid dienone is 15. The molecule has 5 N–H and O–H groups in total. The van der Waals surface area contributed by atoms with Crippen LogP contribution in [0.2, 0.25) is 5.02 Å². The molecule has 0 saturated carbocycles. The van der Waals surface area contributed by atoms with Crippen molar-refractivity contribution in [2.24, 2.45) is 30.6 Å². The zero-order chi connectivity index (χ0) is 39.7. The Bertz CT molecular complexity index is 2610. The van der Waals surface area contributed by atoms with E-state index in [1.54, 1.807) is 48.6 Å². The van der Waals surface area contributed by atoms with Crippen molar-refractivity contribution < 1.29 is 105 Å². The number of benzene rings is 2. The van der Waals surface area contributed by atoms with E-state index in [-0.39, 0.29) is 92.2 Å². The van der Waals surface area contributed by atoms with Gasteiger partial charge in [0.15, 0.2) is 11.5 Å². The van der Waals surface area contributed by atoms with Gasteiger partial charge in [-0.25, -0.2) is 8.42 Å². The van der Waals surface area contributed by atoms with Gasteiger partial charge in [-0.3, -0.25) is 20.0 Å². The number of hydrogen-bond donors (Lipinski definition) is 4. The summed E-state index contributed by atoms with van der Waals surface area (Å²) in [7, 11) is -10.4. The molecule has 0 amide bonds. The molecule has 0 heterocycles. The number of hydrogen-bond acceptors (Lipinski definition) is 15. The number of anilines is 1. The largest absolute Gasteiger partial charge is 1.00 e. The number of fused-ring (bicyclic) bond motifs is 1. The first kappa shape index (κ1) is 45.5. The summed E-state index contributed by atoms with van der Waals surface area (Å²) in [6.45, 7) is 0. The molecule has 0 aliphatic heterocycles. The second kappa shape index (κ2) is 18.6. The summed E-state index contributed by atoms with van der Waals surface area (Å²) in [6, 6.07) is 3.97. The zero-order valence-electron chi connectivity index (χ0n) is 29.4. The summed E-state index contributed by atoms with van der Waals surface area (Å²) in [4.78, 5) is 22.9. The standard InChI is InChI=1S/C34H23ClN8O10S2.2Na/c35-26-17-24(43(46)47)11-14-27(26)40-41-32-28(54(48,49)50)15-20-16-29(55(51,52)53)33(34(45)30(20)31(32)36)42-39-22-7-3-19(4-8-22)18-1-5-21(6-2-18)37-38-23-9-12-25(44)13-10-23;;/h1-17,46-47H,(H4-,36,40,45,48,49,50,51,52,53);;/q;2*+1/p-1. The summed E-state index contributed by atoms with van der Waals surface area (Å²) in [5.41, 5.74) is 7.28. The molecular formula is C34H22ClN8Na2O10S2+. The van der Waals surface area contributed by atoms with Crippen LogP contribution in [-0.4, -0.2) is 66.9 Å². The van der Waals surface area contributed by atoms with Crippen molar-refractivity contribution in [3.05, 3.63) is 135 Å². The number of nitrogens with one attached hydrogen (secondary N) is 1. The van der Waals surface area contributed by atoms with Crippen LogP contribution in [0.5, 0.6) is 0 Å². The molecule has 2 aromatic carbocycles. The van der Waals surface area contributed by atoms with Crippen molar-refractivity contribution in [3.8, 4) is 0 Å². The molecule has 278 valence electrons. The van der Waals surface area contributed by atoms with Gasteiger partial charge in [0, 0.05) is 11.6 Å². The minimum Gasteiger partial charge on any atom is -0.744 e. The van der Waals surface area contributed by atoms with E-state index in [2.05, 4.69) is 30.6 Å². The van der Waals surface area contributed by atoms with Crippen LogP contribution >= 0.6 is 11.6 Å². The van der Waals surface area contributed by atoms with E-state index in [9.17, 15) is 46.3 Å². The third-order valence-electron chi connectivity index (χ3n) is 7.68. The Morgan fingerprint density at radius 3 is 1.74 bits per heavy atom. The van der Waals surface area contributed by atoms with Gasteiger partial charge in [0.1, 0.15) is 15.8 Å². The number of halogens is 1. The molecule has 0 spiro atoms.